The number of nitriles is 1. The number of anilines is 1. The second kappa shape index (κ2) is 11.6. The average molecular weight is 534 g/mol. The van der Waals surface area contributed by atoms with Crippen LogP contribution in [0.25, 0.3) is 16.9 Å². The molecule has 0 spiro atoms. The van der Waals surface area contributed by atoms with Crippen LogP contribution in [0.5, 0.6) is 0 Å². The minimum absolute atomic E-state index is 0.0364. The summed E-state index contributed by atoms with van der Waals surface area (Å²) in [6.45, 7) is 5.83. The second-order valence-electron chi connectivity index (χ2n) is 10.3. The van der Waals surface area contributed by atoms with Crippen LogP contribution in [0.15, 0.2) is 49.3 Å². The highest BCUT2D eigenvalue weighted by Gasteiger charge is 2.28. The molecule has 1 unspecified atom stereocenters. The summed E-state index contributed by atoms with van der Waals surface area (Å²) >= 11 is 0. The van der Waals surface area contributed by atoms with Gasteiger partial charge in [0.15, 0.2) is 0 Å². The Bertz CT molecular complexity index is 1410. The number of hydrogen-bond donors (Lipinski definition) is 4. The number of rotatable bonds is 9. The molecule has 1 fully saturated rings. The molecule has 3 heterocycles. The molecule has 0 aromatic carbocycles. The van der Waals surface area contributed by atoms with Crippen molar-refractivity contribution in [2.24, 2.45) is 0 Å². The van der Waals surface area contributed by atoms with E-state index in [1.54, 1.807) is 16.6 Å². The Morgan fingerprint density at radius 2 is 1.97 bits per heavy atom. The Hall–Kier alpha value is -4.30. The molecule has 4 N–H and O–H groups in total. The zero-order valence-electron chi connectivity index (χ0n) is 21.9. The van der Waals surface area contributed by atoms with Gasteiger partial charge >= 0.3 is 0 Å². The first kappa shape index (κ1) is 27.7. The standard InChI is InChI=1S/C28H32FN7O3/c1-4-26(37)35-19-7-5-18(6-8-19)34-22-12-23(24-10-9-20-11-17(13-30)14-33-36(20)24)31-15-21(22)27(38)32-16-25(29)28(2,3)39/h4,9-12,14-15,18-19,25,39H,1,5-8,16H2,2-3H3,(H,31,34)(H,32,38)(H,35,37). The van der Waals surface area contributed by atoms with E-state index < -0.39 is 17.7 Å². The normalized spacial score (nSPS) is 18.1. The molecule has 0 radical (unpaired) electrons. The second-order valence-corrected chi connectivity index (χ2v) is 10.3. The number of aromatic nitrogens is 3. The lowest BCUT2D eigenvalue weighted by atomic mass is 9.90. The molecule has 10 nitrogen and oxygen atoms in total. The third-order valence-corrected chi connectivity index (χ3v) is 6.87. The van der Waals surface area contributed by atoms with Crippen LogP contribution in [-0.4, -0.2) is 61.9 Å². The van der Waals surface area contributed by atoms with Crippen molar-refractivity contribution < 1.29 is 19.1 Å². The number of hydrogen-bond acceptors (Lipinski definition) is 7. The smallest absolute Gasteiger partial charge is 0.255 e. The van der Waals surface area contributed by atoms with E-state index >= 15 is 0 Å². The SMILES string of the molecule is C=CC(=O)NC1CCC(Nc2cc(-c3ccc4cc(C#N)cnn34)ncc2C(=O)NCC(F)C(C)(C)O)CC1. The molecular formula is C28H32FN7O3. The number of nitrogens with one attached hydrogen (secondary N) is 3. The molecular weight excluding hydrogens is 501 g/mol. The van der Waals surface area contributed by atoms with Crippen molar-refractivity contribution in [3.63, 3.8) is 0 Å². The summed E-state index contributed by atoms with van der Waals surface area (Å²) in [6, 6.07) is 9.30. The lowest BCUT2D eigenvalue weighted by Crippen LogP contribution is -2.42. The van der Waals surface area contributed by atoms with Gasteiger partial charge in [-0.25, -0.2) is 8.91 Å². The number of carbonyl (C=O) groups is 2. The van der Waals surface area contributed by atoms with Gasteiger partial charge in [0, 0.05) is 18.3 Å². The highest BCUT2D eigenvalue weighted by atomic mass is 19.1. The Balaban J connectivity index is 1.60. The molecule has 3 aromatic rings. The van der Waals surface area contributed by atoms with Crippen LogP contribution in [-0.2, 0) is 4.79 Å². The average Bonchev–Trinajstić information content (AvgIpc) is 3.35. The Labute approximate surface area is 225 Å². The van der Waals surface area contributed by atoms with Gasteiger partial charge in [0.05, 0.1) is 52.1 Å². The summed E-state index contributed by atoms with van der Waals surface area (Å²) in [5.41, 5.74) is 1.56. The maximum atomic E-state index is 14.3. The molecule has 3 aromatic heterocycles. The van der Waals surface area contributed by atoms with Crippen molar-refractivity contribution in [2.75, 3.05) is 11.9 Å². The van der Waals surface area contributed by atoms with E-state index in [4.69, 9.17) is 5.26 Å². The fourth-order valence-electron chi connectivity index (χ4n) is 4.54. The van der Waals surface area contributed by atoms with Crippen molar-refractivity contribution in [1.82, 2.24) is 25.2 Å². The van der Waals surface area contributed by atoms with Crippen LogP contribution in [0.2, 0.25) is 0 Å². The molecule has 0 saturated heterocycles. The first-order valence-corrected chi connectivity index (χ1v) is 12.8. The number of halogens is 1. The topological polar surface area (TPSA) is 144 Å². The first-order valence-electron chi connectivity index (χ1n) is 12.8. The van der Waals surface area contributed by atoms with E-state index in [0.29, 0.717) is 22.6 Å². The van der Waals surface area contributed by atoms with E-state index in [1.165, 1.54) is 32.3 Å². The van der Waals surface area contributed by atoms with Gasteiger partial charge in [-0.3, -0.25) is 14.6 Å². The predicted molar refractivity (Wildman–Crippen MR) is 145 cm³/mol. The van der Waals surface area contributed by atoms with E-state index in [1.807, 2.05) is 12.1 Å². The molecule has 1 atom stereocenters. The van der Waals surface area contributed by atoms with E-state index in [-0.39, 0.29) is 30.1 Å². The molecule has 39 heavy (non-hydrogen) atoms. The van der Waals surface area contributed by atoms with Gasteiger partial charge in [-0.15, -0.1) is 0 Å². The fraction of sp³-hybridized carbons (Fsp3) is 0.393. The van der Waals surface area contributed by atoms with Gasteiger partial charge in [-0.1, -0.05) is 6.58 Å². The van der Waals surface area contributed by atoms with Crippen molar-refractivity contribution in [2.45, 2.75) is 63.4 Å². The van der Waals surface area contributed by atoms with E-state index in [9.17, 15) is 19.1 Å². The molecule has 11 heteroatoms. The number of aliphatic hydroxyl groups is 1. The number of alkyl halides is 1. The Morgan fingerprint density at radius 3 is 2.64 bits per heavy atom. The fourth-order valence-corrected chi connectivity index (χ4v) is 4.54. The summed E-state index contributed by atoms with van der Waals surface area (Å²) < 4.78 is 16.0. The molecule has 0 bridgehead atoms. The van der Waals surface area contributed by atoms with Gasteiger partial charge in [-0.2, -0.15) is 10.4 Å². The monoisotopic (exact) mass is 533 g/mol. The molecule has 4 rings (SSSR count). The van der Waals surface area contributed by atoms with E-state index in [0.717, 1.165) is 31.2 Å². The molecule has 1 aliphatic carbocycles. The summed E-state index contributed by atoms with van der Waals surface area (Å²) in [7, 11) is 0. The van der Waals surface area contributed by atoms with Gasteiger partial charge < -0.3 is 21.1 Å². The number of amides is 2. The lowest BCUT2D eigenvalue weighted by Gasteiger charge is -2.30. The summed E-state index contributed by atoms with van der Waals surface area (Å²) in [4.78, 5) is 29.2. The zero-order chi connectivity index (χ0) is 28.2. The highest BCUT2D eigenvalue weighted by molar-refractivity contribution is 6.00. The van der Waals surface area contributed by atoms with Crippen LogP contribution in [0, 0.1) is 11.3 Å². The maximum Gasteiger partial charge on any atom is 0.255 e. The predicted octanol–water partition coefficient (Wildman–Crippen LogP) is 3.13. The van der Waals surface area contributed by atoms with Crippen LogP contribution < -0.4 is 16.0 Å². The van der Waals surface area contributed by atoms with Crippen LogP contribution in [0.4, 0.5) is 10.1 Å². The van der Waals surface area contributed by atoms with Crippen LogP contribution in [0.1, 0.15) is 55.5 Å². The Kier molecular flexibility index (Phi) is 8.26. The zero-order valence-corrected chi connectivity index (χ0v) is 21.9. The maximum absolute atomic E-state index is 14.3. The third-order valence-electron chi connectivity index (χ3n) is 6.87. The quantitative estimate of drug-likeness (QED) is 0.309. The van der Waals surface area contributed by atoms with Crippen molar-refractivity contribution in [3.05, 3.63) is 60.4 Å². The minimum Gasteiger partial charge on any atom is -0.387 e. The van der Waals surface area contributed by atoms with Gasteiger partial charge in [0.25, 0.3) is 5.91 Å². The van der Waals surface area contributed by atoms with Crippen molar-refractivity contribution in [1.29, 1.82) is 5.26 Å². The van der Waals surface area contributed by atoms with Gasteiger partial charge in [0.2, 0.25) is 5.91 Å². The van der Waals surface area contributed by atoms with Crippen molar-refractivity contribution >= 4 is 23.0 Å². The number of carbonyl (C=O) groups excluding carboxylic acids is 2. The minimum atomic E-state index is -1.65. The molecule has 204 valence electrons. The Morgan fingerprint density at radius 1 is 1.26 bits per heavy atom. The largest absolute Gasteiger partial charge is 0.387 e. The van der Waals surface area contributed by atoms with Crippen molar-refractivity contribution in [3.8, 4) is 17.5 Å². The summed E-state index contributed by atoms with van der Waals surface area (Å²) in [6.07, 6.45) is 5.57. The molecule has 0 aliphatic heterocycles. The van der Waals surface area contributed by atoms with Gasteiger partial charge in [-0.05, 0) is 69.9 Å². The summed E-state index contributed by atoms with van der Waals surface area (Å²) in [5, 5.41) is 32.3. The van der Waals surface area contributed by atoms with Crippen LogP contribution >= 0.6 is 0 Å². The molecule has 1 saturated carbocycles. The first-order chi connectivity index (χ1) is 18.6. The van der Waals surface area contributed by atoms with Gasteiger partial charge in [0.1, 0.15) is 12.2 Å². The number of fused-ring (bicyclic) bond motifs is 1. The number of pyridine rings is 1. The molecule has 2 amide bonds. The lowest BCUT2D eigenvalue weighted by molar-refractivity contribution is -0.117. The summed E-state index contributed by atoms with van der Waals surface area (Å²) in [5.74, 6) is -0.719. The van der Waals surface area contributed by atoms with E-state index in [2.05, 4.69) is 38.7 Å². The number of nitrogens with zero attached hydrogens (tertiary/aromatic N) is 4. The highest BCUT2D eigenvalue weighted by Crippen LogP contribution is 2.29. The molecule has 1 aliphatic rings. The third kappa shape index (κ3) is 6.59. The van der Waals surface area contributed by atoms with Crippen LogP contribution in [0.3, 0.4) is 0 Å².